The minimum absolute atomic E-state index is 0.00308. The summed E-state index contributed by atoms with van der Waals surface area (Å²) in [7, 11) is -1.47. The molecule has 1 saturated carbocycles. The zero-order valence-corrected chi connectivity index (χ0v) is 19.5. The van der Waals surface area contributed by atoms with Gasteiger partial charge in [0.2, 0.25) is 0 Å². The van der Waals surface area contributed by atoms with Crippen molar-refractivity contribution in [3.05, 3.63) is 30.1 Å². The van der Waals surface area contributed by atoms with Crippen LogP contribution in [0.3, 0.4) is 0 Å². The molecule has 7 nitrogen and oxygen atoms in total. The lowest BCUT2D eigenvalue weighted by atomic mass is 9.83. The molecule has 1 aromatic carbocycles. The number of methoxy groups -OCH3 is 1. The molecule has 1 saturated heterocycles. The topological polar surface area (TPSA) is 84.4 Å². The van der Waals surface area contributed by atoms with Gasteiger partial charge in [-0.3, -0.25) is 4.90 Å². The largest absolute Gasteiger partial charge is 0.416 e. The van der Waals surface area contributed by atoms with Gasteiger partial charge in [-0.05, 0) is 49.8 Å². The third-order valence-electron chi connectivity index (χ3n) is 6.74. The van der Waals surface area contributed by atoms with Crippen molar-refractivity contribution >= 4 is 26.6 Å². The fourth-order valence-corrected chi connectivity index (χ4v) is 6.35. The molecule has 1 aromatic heterocycles. The van der Waals surface area contributed by atoms with E-state index in [1.165, 1.54) is 18.6 Å². The number of hydrogen-bond acceptors (Lipinski definition) is 7. The maximum atomic E-state index is 13.2. The number of benzene rings is 1. The number of halogens is 3. The van der Waals surface area contributed by atoms with Crippen LogP contribution in [0, 0.1) is 5.92 Å². The Balaban J connectivity index is 1.49. The van der Waals surface area contributed by atoms with Crippen molar-refractivity contribution in [2.75, 3.05) is 37.5 Å². The van der Waals surface area contributed by atoms with Gasteiger partial charge in [-0.1, -0.05) is 0 Å². The van der Waals surface area contributed by atoms with Crippen LogP contribution in [0.25, 0.3) is 10.9 Å². The van der Waals surface area contributed by atoms with Crippen LogP contribution in [-0.2, 0) is 20.8 Å². The Hall–Kier alpha value is -1.98. The molecule has 0 radical (unpaired) electrons. The molecular formula is C22H29F3N4O3S. The average molecular weight is 487 g/mol. The van der Waals surface area contributed by atoms with Crippen LogP contribution in [0.4, 0.5) is 19.0 Å². The lowest BCUT2D eigenvalue weighted by Gasteiger charge is -2.40. The van der Waals surface area contributed by atoms with Gasteiger partial charge in [0.25, 0.3) is 0 Å². The zero-order valence-electron chi connectivity index (χ0n) is 18.7. The fourth-order valence-electron chi connectivity index (χ4n) is 5.22. The number of rotatable bonds is 6. The van der Waals surface area contributed by atoms with Gasteiger partial charge in [0, 0.05) is 43.9 Å². The Bertz CT molecular complexity index is 1100. The normalized spacial score (nSPS) is 27.2. The molecule has 4 atom stereocenters. The van der Waals surface area contributed by atoms with Gasteiger partial charge in [0.05, 0.1) is 22.9 Å². The molecule has 1 aliphatic heterocycles. The van der Waals surface area contributed by atoms with E-state index in [9.17, 15) is 21.6 Å². The van der Waals surface area contributed by atoms with E-state index in [0.717, 1.165) is 37.9 Å². The zero-order chi connectivity index (χ0) is 23.8. The van der Waals surface area contributed by atoms with Crippen molar-refractivity contribution in [2.45, 2.75) is 50.0 Å². The lowest BCUT2D eigenvalue weighted by molar-refractivity contribution is -0.137. The second-order valence-corrected chi connectivity index (χ2v) is 11.4. The Labute approximate surface area is 191 Å². The number of anilines is 1. The van der Waals surface area contributed by atoms with Gasteiger partial charge >= 0.3 is 6.18 Å². The highest BCUT2D eigenvalue weighted by molar-refractivity contribution is 7.90. The Kier molecular flexibility index (Phi) is 6.84. The molecule has 0 spiro atoms. The summed E-state index contributed by atoms with van der Waals surface area (Å²) >= 11 is 0. The third kappa shape index (κ3) is 5.75. The molecule has 2 heterocycles. The van der Waals surface area contributed by atoms with Gasteiger partial charge in [0.15, 0.2) is 0 Å². The van der Waals surface area contributed by atoms with Crippen molar-refractivity contribution in [3.63, 3.8) is 0 Å². The first-order chi connectivity index (χ1) is 15.5. The molecule has 33 heavy (non-hydrogen) atoms. The Morgan fingerprint density at radius 2 is 2.00 bits per heavy atom. The Morgan fingerprint density at radius 1 is 1.21 bits per heavy atom. The molecule has 4 rings (SSSR count). The smallest absolute Gasteiger partial charge is 0.381 e. The van der Waals surface area contributed by atoms with Crippen molar-refractivity contribution < 1.29 is 26.3 Å². The maximum Gasteiger partial charge on any atom is 0.416 e. The number of nitrogens with zero attached hydrogens (tertiary/aromatic N) is 3. The number of nitrogens with one attached hydrogen (secondary N) is 1. The first kappa shape index (κ1) is 24.2. The van der Waals surface area contributed by atoms with Gasteiger partial charge in [-0.2, -0.15) is 13.2 Å². The quantitative estimate of drug-likeness (QED) is 0.670. The van der Waals surface area contributed by atoms with Crippen molar-refractivity contribution in [1.82, 2.24) is 14.9 Å². The molecule has 2 aromatic rings. The molecule has 1 N–H and O–H groups in total. The highest BCUT2D eigenvalue weighted by atomic mass is 32.2. The van der Waals surface area contributed by atoms with Gasteiger partial charge in [0.1, 0.15) is 22.0 Å². The molecule has 2 aliphatic rings. The minimum Gasteiger partial charge on any atom is -0.381 e. The standard InChI is InChI=1S/C22H29F3N4O3S/c1-32-17-4-6-20(14(9-17)12-33(2,30)31)29-8-7-16(11-29)28-21-18-10-15(22(23,24)25)3-5-19(18)26-13-27-21/h3,5,10,13-14,16-17,20H,4,6-9,11-12H2,1-2H3,(H,26,27,28)/t14-,16-,17+,20-/m0/s1. The van der Waals surface area contributed by atoms with Crippen LogP contribution < -0.4 is 5.32 Å². The molecule has 1 aliphatic carbocycles. The summed E-state index contributed by atoms with van der Waals surface area (Å²) in [6, 6.07) is 3.59. The lowest BCUT2D eigenvalue weighted by Crippen LogP contribution is -2.47. The summed E-state index contributed by atoms with van der Waals surface area (Å²) in [6.45, 7) is 1.46. The van der Waals surface area contributed by atoms with Crippen molar-refractivity contribution in [3.8, 4) is 0 Å². The van der Waals surface area contributed by atoms with E-state index in [1.807, 2.05) is 0 Å². The number of alkyl halides is 3. The predicted octanol–water partition coefficient (Wildman–Crippen LogP) is 3.36. The molecule has 0 amide bonds. The molecule has 0 bridgehead atoms. The van der Waals surface area contributed by atoms with E-state index < -0.39 is 21.6 Å². The molecule has 0 unspecified atom stereocenters. The van der Waals surface area contributed by atoms with Crippen LogP contribution in [0.2, 0.25) is 0 Å². The summed E-state index contributed by atoms with van der Waals surface area (Å²) in [5, 5.41) is 3.65. The molecule has 182 valence electrons. The summed E-state index contributed by atoms with van der Waals surface area (Å²) < 4.78 is 69.1. The Morgan fingerprint density at radius 3 is 2.70 bits per heavy atom. The van der Waals surface area contributed by atoms with E-state index >= 15 is 0 Å². The summed E-state index contributed by atoms with van der Waals surface area (Å²) in [4.78, 5) is 10.6. The highest BCUT2D eigenvalue weighted by Gasteiger charge is 2.39. The first-order valence-corrected chi connectivity index (χ1v) is 13.1. The fraction of sp³-hybridized carbons (Fsp3) is 0.636. The third-order valence-corrected chi connectivity index (χ3v) is 7.77. The van der Waals surface area contributed by atoms with Crippen molar-refractivity contribution in [1.29, 1.82) is 0 Å². The summed E-state index contributed by atoms with van der Waals surface area (Å²) in [5.41, 5.74) is -0.291. The van der Waals surface area contributed by atoms with E-state index in [1.54, 1.807) is 7.11 Å². The second kappa shape index (κ2) is 9.34. The van der Waals surface area contributed by atoms with E-state index in [-0.39, 0.29) is 29.9 Å². The predicted molar refractivity (Wildman–Crippen MR) is 120 cm³/mol. The van der Waals surface area contributed by atoms with Crippen LogP contribution in [0.1, 0.15) is 31.2 Å². The average Bonchev–Trinajstić information content (AvgIpc) is 3.20. The van der Waals surface area contributed by atoms with Crippen molar-refractivity contribution in [2.24, 2.45) is 5.92 Å². The maximum absolute atomic E-state index is 13.2. The van der Waals surface area contributed by atoms with Crippen LogP contribution in [0.15, 0.2) is 24.5 Å². The van der Waals surface area contributed by atoms with Gasteiger partial charge < -0.3 is 10.1 Å². The summed E-state index contributed by atoms with van der Waals surface area (Å²) in [6.07, 6.45) is 1.48. The SMILES string of the molecule is CO[C@@H]1CC[C@H](N2CC[C@H](Nc3ncnc4ccc(C(F)(F)F)cc34)C2)[C@H](CS(C)(=O)=O)C1. The number of aromatic nitrogens is 2. The molecule has 11 heteroatoms. The number of sulfone groups is 1. The number of ether oxygens (including phenoxy) is 1. The van der Waals surface area contributed by atoms with E-state index in [2.05, 4.69) is 20.2 Å². The second-order valence-electron chi connectivity index (χ2n) is 9.17. The summed E-state index contributed by atoms with van der Waals surface area (Å²) in [5.74, 6) is 0.503. The van der Waals surface area contributed by atoms with Crippen LogP contribution in [0.5, 0.6) is 0 Å². The van der Waals surface area contributed by atoms with Crippen LogP contribution in [-0.4, -0.2) is 73.7 Å². The van der Waals surface area contributed by atoms with E-state index in [0.29, 0.717) is 29.7 Å². The van der Waals surface area contributed by atoms with Gasteiger partial charge in [-0.15, -0.1) is 0 Å². The van der Waals surface area contributed by atoms with Gasteiger partial charge in [-0.25, -0.2) is 18.4 Å². The monoisotopic (exact) mass is 486 g/mol. The minimum atomic E-state index is -4.44. The van der Waals surface area contributed by atoms with E-state index in [4.69, 9.17) is 4.74 Å². The number of fused-ring (bicyclic) bond motifs is 1. The molecular weight excluding hydrogens is 457 g/mol. The number of likely N-dealkylation sites (tertiary alicyclic amines) is 1. The first-order valence-electron chi connectivity index (χ1n) is 11.1. The molecule has 2 fully saturated rings. The van der Waals surface area contributed by atoms with Crippen LogP contribution >= 0.6 is 0 Å². The highest BCUT2D eigenvalue weighted by Crippen LogP contribution is 2.35. The number of hydrogen-bond donors (Lipinski definition) is 1.